The van der Waals surface area contributed by atoms with Gasteiger partial charge in [0.05, 0.1) is 36.5 Å². The van der Waals surface area contributed by atoms with Gasteiger partial charge in [0.25, 0.3) is 10.0 Å². The zero-order valence-electron chi connectivity index (χ0n) is 21.3. The summed E-state index contributed by atoms with van der Waals surface area (Å²) in [5.74, 6) is 0. The van der Waals surface area contributed by atoms with E-state index in [-0.39, 0.29) is 11.6 Å². The average Bonchev–Trinajstić information content (AvgIpc) is 3.52. The lowest BCUT2D eigenvalue weighted by atomic mass is 10.1. The van der Waals surface area contributed by atoms with Gasteiger partial charge in [0.2, 0.25) is 0 Å². The summed E-state index contributed by atoms with van der Waals surface area (Å²) in [6, 6.07) is 17.4. The van der Waals surface area contributed by atoms with Crippen LogP contribution in [0.15, 0.2) is 78.6 Å². The molecule has 0 bridgehead atoms. The minimum Gasteiger partial charge on any atom is -0.366 e. The Morgan fingerprint density at radius 3 is 2.38 bits per heavy atom. The molecule has 9 nitrogen and oxygen atoms in total. The Bertz CT molecular complexity index is 1480. The lowest BCUT2D eigenvalue weighted by Crippen LogP contribution is -2.34. The molecule has 0 N–H and O–H groups in total. The standard InChI is InChI=1S/C27H31N7O2S/c1-22-7-4-5-8-24(22)17-34(37(35,36)27-19-31(2)21-30-27)14-6-13-33(18-26-16-29-20-32(26)3)25-11-9-23(15-28)10-12-25/h4-5,7-12,16,19-21H,6,13-14,17-18H2,1-3H3. The minimum absolute atomic E-state index is 0.0439. The Hall–Kier alpha value is -3.94. The van der Waals surface area contributed by atoms with E-state index in [1.54, 1.807) is 30.1 Å². The number of hydrogen-bond donors (Lipinski definition) is 0. The fourth-order valence-corrected chi connectivity index (χ4v) is 5.56. The molecule has 0 fully saturated rings. The minimum atomic E-state index is -3.79. The second-order valence-corrected chi connectivity index (χ2v) is 11.0. The summed E-state index contributed by atoms with van der Waals surface area (Å²) in [4.78, 5) is 10.5. The molecule has 0 radical (unpaired) electrons. The normalized spacial score (nSPS) is 11.5. The van der Waals surface area contributed by atoms with Crippen molar-refractivity contribution in [3.8, 4) is 6.07 Å². The molecule has 37 heavy (non-hydrogen) atoms. The first-order chi connectivity index (χ1) is 17.8. The lowest BCUT2D eigenvalue weighted by molar-refractivity contribution is 0.397. The highest BCUT2D eigenvalue weighted by Gasteiger charge is 2.27. The fraction of sp³-hybridized carbons (Fsp3) is 0.296. The largest absolute Gasteiger partial charge is 0.366 e. The first kappa shape index (κ1) is 26.1. The van der Waals surface area contributed by atoms with Crippen molar-refractivity contribution in [1.82, 2.24) is 23.4 Å². The van der Waals surface area contributed by atoms with Crippen molar-refractivity contribution < 1.29 is 8.42 Å². The summed E-state index contributed by atoms with van der Waals surface area (Å²) in [6.45, 7) is 3.79. The first-order valence-electron chi connectivity index (χ1n) is 12.0. The molecule has 2 heterocycles. The van der Waals surface area contributed by atoms with Gasteiger partial charge in [0.1, 0.15) is 0 Å². The molecule has 0 unspecified atom stereocenters. The fourth-order valence-electron chi connectivity index (χ4n) is 4.13. The van der Waals surface area contributed by atoms with E-state index in [9.17, 15) is 13.7 Å². The third-order valence-electron chi connectivity index (χ3n) is 6.36. The second kappa shape index (κ2) is 11.4. The Kier molecular flexibility index (Phi) is 8.06. The van der Waals surface area contributed by atoms with Gasteiger partial charge in [-0.2, -0.15) is 9.57 Å². The Morgan fingerprint density at radius 1 is 1.00 bits per heavy atom. The van der Waals surface area contributed by atoms with Crippen LogP contribution in [0, 0.1) is 18.3 Å². The molecule has 0 aliphatic heterocycles. The van der Waals surface area contributed by atoms with Crippen LogP contribution in [0.3, 0.4) is 0 Å². The molecule has 4 aromatic rings. The summed E-state index contributed by atoms with van der Waals surface area (Å²) >= 11 is 0. The molecule has 2 aromatic heterocycles. The van der Waals surface area contributed by atoms with E-state index < -0.39 is 10.0 Å². The summed E-state index contributed by atoms with van der Waals surface area (Å²) in [5.41, 5.74) is 4.58. The predicted octanol–water partition coefficient (Wildman–Crippen LogP) is 3.62. The van der Waals surface area contributed by atoms with Crippen molar-refractivity contribution in [2.24, 2.45) is 14.1 Å². The van der Waals surface area contributed by atoms with Crippen LogP contribution in [-0.4, -0.2) is 44.9 Å². The third-order valence-corrected chi connectivity index (χ3v) is 8.09. The van der Waals surface area contributed by atoms with Crippen LogP contribution in [0.2, 0.25) is 0 Å². The quantitative estimate of drug-likeness (QED) is 0.301. The smallest absolute Gasteiger partial charge is 0.262 e. The van der Waals surface area contributed by atoms with E-state index in [1.807, 2.05) is 61.1 Å². The molecule has 0 saturated heterocycles. The third kappa shape index (κ3) is 6.25. The number of nitriles is 1. The van der Waals surface area contributed by atoms with Gasteiger partial charge in [0, 0.05) is 51.8 Å². The number of aryl methyl sites for hydroxylation is 3. The van der Waals surface area contributed by atoms with Gasteiger partial charge < -0.3 is 14.0 Å². The van der Waals surface area contributed by atoms with Crippen molar-refractivity contribution in [1.29, 1.82) is 5.26 Å². The molecule has 10 heteroatoms. The monoisotopic (exact) mass is 517 g/mol. The van der Waals surface area contributed by atoms with Crippen molar-refractivity contribution in [3.05, 3.63) is 96.0 Å². The molecule has 0 saturated carbocycles. The second-order valence-electron chi connectivity index (χ2n) is 9.07. The van der Waals surface area contributed by atoms with Crippen LogP contribution in [0.4, 0.5) is 5.69 Å². The van der Waals surface area contributed by atoms with E-state index in [0.717, 1.165) is 22.5 Å². The van der Waals surface area contributed by atoms with E-state index in [1.165, 1.54) is 16.8 Å². The van der Waals surface area contributed by atoms with Gasteiger partial charge in [-0.3, -0.25) is 0 Å². The van der Waals surface area contributed by atoms with E-state index in [0.29, 0.717) is 31.6 Å². The summed E-state index contributed by atoms with van der Waals surface area (Å²) < 4.78 is 32.3. The Balaban J connectivity index is 1.56. The topological polar surface area (TPSA) is 100 Å². The van der Waals surface area contributed by atoms with E-state index in [4.69, 9.17) is 0 Å². The average molecular weight is 518 g/mol. The zero-order valence-corrected chi connectivity index (χ0v) is 22.1. The maximum absolute atomic E-state index is 13.6. The highest BCUT2D eigenvalue weighted by atomic mass is 32.2. The number of hydrogen-bond acceptors (Lipinski definition) is 6. The van der Waals surface area contributed by atoms with Gasteiger partial charge in [-0.05, 0) is 48.7 Å². The van der Waals surface area contributed by atoms with Crippen LogP contribution in [0.5, 0.6) is 0 Å². The number of sulfonamides is 1. The van der Waals surface area contributed by atoms with E-state index >= 15 is 0 Å². The molecule has 0 atom stereocenters. The van der Waals surface area contributed by atoms with Crippen molar-refractivity contribution in [3.63, 3.8) is 0 Å². The van der Waals surface area contributed by atoms with Crippen LogP contribution in [0.1, 0.15) is 28.8 Å². The van der Waals surface area contributed by atoms with Crippen LogP contribution in [-0.2, 0) is 37.2 Å². The van der Waals surface area contributed by atoms with E-state index in [2.05, 4.69) is 20.9 Å². The molecule has 0 spiro atoms. The van der Waals surface area contributed by atoms with Gasteiger partial charge >= 0.3 is 0 Å². The molecular formula is C27H31N7O2S. The Morgan fingerprint density at radius 2 is 1.76 bits per heavy atom. The lowest BCUT2D eigenvalue weighted by Gasteiger charge is -2.27. The van der Waals surface area contributed by atoms with Crippen LogP contribution in [0.25, 0.3) is 0 Å². The summed E-state index contributed by atoms with van der Waals surface area (Å²) in [5, 5.41) is 9.23. The van der Waals surface area contributed by atoms with Gasteiger partial charge in [-0.15, -0.1) is 0 Å². The maximum Gasteiger partial charge on any atom is 0.262 e. The summed E-state index contributed by atoms with van der Waals surface area (Å²) in [6.07, 6.45) is 7.21. The predicted molar refractivity (Wildman–Crippen MR) is 142 cm³/mol. The Labute approximate surface area is 218 Å². The number of aromatic nitrogens is 4. The molecular weight excluding hydrogens is 486 g/mol. The number of nitrogens with zero attached hydrogens (tertiary/aromatic N) is 7. The maximum atomic E-state index is 13.6. The van der Waals surface area contributed by atoms with Crippen molar-refractivity contribution in [2.75, 3.05) is 18.0 Å². The summed E-state index contributed by atoms with van der Waals surface area (Å²) in [7, 11) is -0.0881. The SMILES string of the molecule is Cc1ccccc1CN(CCCN(Cc1cncn1C)c1ccc(C#N)cc1)S(=O)(=O)c1cn(C)cn1. The molecule has 192 valence electrons. The number of rotatable bonds is 11. The van der Waals surface area contributed by atoms with Crippen LogP contribution < -0.4 is 4.90 Å². The van der Waals surface area contributed by atoms with Gasteiger partial charge in [-0.1, -0.05) is 24.3 Å². The molecule has 0 aliphatic rings. The molecule has 0 amide bonds. The zero-order chi connectivity index (χ0) is 26.4. The number of benzene rings is 2. The van der Waals surface area contributed by atoms with Crippen molar-refractivity contribution >= 4 is 15.7 Å². The van der Waals surface area contributed by atoms with Gasteiger partial charge in [0.15, 0.2) is 5.03 Å². The van der Waals surface area contributed by atoms with Crippen molar-refractivity contribution in [2.45, 2.75) is 31.5 Å². The number of anilines is 1. The first-order valence-corrected chi connectivity index (χ1v) is 13.4. The molecule has 4 rings (SSSR count). The number of imidazole rings is 2. The molecule has 2 aromatic carbocycles. The molecule has 0 aliphatic carbocycles. The highest BCUT2D eigenvalue weighted by molar-refractivity contribution is 7.89. The van der Waals surface area contributed by atoms with Gasteiger partial charge in [-0.25, -0.2) is 18.4 Å². The highest BCUT2D eigenvalue weighted by Crippen LogP contribution is 2.22. The van der Waals surface area contributed by atoms with Crippen LogP contribution >= 0.6 is 0 Å².